The van der Waals surface area contributed by atoms with Crippen LogP contribution in [0.1, 0.15) is 10.4 Å². The zero-order chi connectivity index (χ0) is 17.1. The Kier molecular flexibility index (Phi) is 4.08. The van der Waals surface area contributed by atoms with Crippen LogP contribution in [0.2, 0.25) is 0 Å². The van der Waals surface area contributed by atoms with Crippen LogP contribution >= 0.6 is 0 Å². The summed E-state index contributed by atoms with van der Waals surface area (Å²) in [6.07, 6.45) is 3.36. The van der Waals surface area contributed by atoms with Crippen LogP contribution in [0.25, 0.3) is 5.69 Å². The molecular weight excluding hydrogens is 318 g/mol. The maximum Gasteiger partial charge on any atom is 0.251 e. The molecule has 0 aliphatic carbocycles. The van der Waals surface area contributed by atoms with Crippen LogP contribution in [-0.4, -0.2) is 34.9 Å². The molecule has 0 saturated carbocycles. The molecule has 4 rings (SSSR count). The van der Waals surface area contributed by atoms with Gasteiger partial charge >= 0.3 is 0 Å². The van der Waals surface area contributed by atoms with E-state index in [2.05, 4.69) is 10.4 Å². The molecule has 2 aromatic carbocycles. The summed E-state index contributed by atoms with van der Waals surface area (Å²) in [6, 6.07) is 16.6. The minimum Gasteiger partial charge on any atom is -0.486 e. The van der Waals surface area contributed by atoms with Crippen molar-refractivity contribution in [3.63, 3.8) is 0 Å². The van der Waals surface area contributed by atoms with E-state index in [9.17, 15) is 4.79 Å². The number of amides is 1. The van der Waals surface area contributed by atoms with E-state index >= 15 is 0 Å². The Morgan fingerprint density at radius 2 is 1.92 bits per heavy atom. The second-order valence-electron chi connectivity index (χ2n) is 5.71. The van der Waals surface area contributed by atoms with Crippen molar-refractivity contribution in [2.45, 2.75) is 6.10 Å². The molecule has 0 bridgehead atoms. The summed E-state index contributed by atoms with van der Waals surface area (Å²) < 4.78 is 13.2. The number of para-hydroxylation sites is 2. The topological polar surface area (TPSA) is 65.4 Å². The highest BCUT2D eigenvalue weighted by Gasteiger charge is 2.21. The molecule has 3 aromatic rings. The van der Waals surface area contributed by atoms with E-state index in [1.807, 2.05) is 48.7 Å². The minimum absolute atomic E-state index is 0.144. The Labute approximate surface area is 145 Å². The van der Waals surface area contributed by atoms with Gasteiger partial charge in [-0.2, -0.15) is 5.10 Å². The number of fused-ring (bicyclic) bond motifs is 1. The molecule has 0 radical (unpaired) electrons. The van der Waals surface area contributed by atoms with Gasteiger partial charge < -0.3 is 14.8 Å². The fourth-order valence-corrected chi connectivity index (χ4v) is 2.66. The lowest BCUT2D eigenvalue weighted by molar-refractivity contribution is 0.0789. The van der Waals surface area contributed by atoms with Crippen LogP contribution in [0.4, 0.5) is 0 Å². The number of carbonyl (C=O) groups excluding carboxylic acids is 1. The molecule has 1 unspecified atom stereocenters. The van der Waals surface area contributed by atoms with Crippen LogP contribution in [0.5, 0.6) is 11.5 Å². The van der Waals surface area contributed by atoms with E-state index in [0.29, 0.717) is 24.5 Å². The quantitative estimate of drug-likeness (QED) is 0.795. The Bertz CT molecular complexity index is 860. The Hall–Kier alpha value is -3.28. The summed E-state index contributed by atoms with van der Waals surface area (Å²) in [7, 11) is 0. The molecular formula is C19H17N3O3. The second-order valence-corrected chi connectivity index (χ2v) is 5.71. The third-order valence-electron chi connectivity index (χ3n) is 3.96. The van der Waals surface area contributed by atoms with Crippen molar-refractivity contribution >= 4 is 5.91 Å². The van der Waals surface area contributed by atoms with Crippen LogP contribution in [-0.2, 0) is 0 Å². The predicted molar refractivity (Wildman–Crippen MR) is 92.3 cm³/mol. The number of carbonyl (C=O) groups is 1. The summed E-state index contributed by atoms with van der Waals surface area (Å²) in [4.78, 5) is 12.3. The van der Waals surface area contributed by atoms with Crippen molar-refractivity contribution in [1.82, 2.24) is 15.1 Å². The predicted octanol–water partition coefficient (Wildman–Crippen LogP) is 2.44. The van der Waals surface area contributed by atoms with Gasteiger partial charge in [-0.05, 0) is 42.5 Å². The molecule has 25 heavy (non-hydrogen) atoms. The molecule has 6 nitrogen and oxygen atoms in total. The van der Waals surface area contributed by atoms with E-state index in [1.165, 1.54) is 0 Å². The van der Waals surface area contributed by atoms with E-state index < -0.39 is 0 Å². The van der Waals surface area contributed by atoms with E-state index in [0.717, 1.165) is 11.4 Å². The lowest BCUT2D eigenvalue weighted by atomic mass is 10.2. The molecule has 6 heteroatoms. The normalized spacial score (nSPS) is 15.6. The third kappa shape index (κ3) is 3.33. The number of rotatable bonds is 4. The summed E-state index contributed by atoms with van der Waals surface area (Å²) in [5, 5.41) is 7.05. The van der Waals surface area contributed by atoms with Crippen LogP contribution < -0.4 is 14.8 Å². The van der Waals surface area contributed by atoms with Crippen molar-refractivity contribution in [2.24, 2.45) is 0 Å². The molecule has 1 amide bonds. The number of benzene rings is 2. The van der Waals surface area contributed by atoms with E-state index in [4.69, 9.17) is 9.47 Å². The van der Waals surface area contributed by atoms with Crippen LogP contribution in [0.15, 0.2) is 67.0 Å². The summed E-state index contributed by atoms with van der Waals surface area (Å²) in [5.41, 5.74) is 1.50. The van der Waals surface area contributed by atoms with Crippen molar-refractivity contribution in [3.05, 3.63) is 72.6 Å². The fourth-order valence-electron chi connectivity index (χ4n) is 2.66. The SMILES string of the molecule is O=C(NCC1COc2ccccc2O1)c1ccc(-n2cccn2)cc1. The number of ether oxygens (including phenoxy) is 2. The molecule has 1 aliphatic heterocycles. The minimum atomic E-state index is -0.206. The lowest BCUT2D eigenvalue weighted by Gasteiger charge is -2.26. The van der Waals surface area contributed by atoms with E-state index in [1.54, 1.807) is 23.0 Å². The first-order chi connectivity index (χ1) is 12.3. The van der Waals surface area contributed by atoms with Crippen molar-refractivity contribution < 1.29 is 14.3 Å². The summed E-state index contributed by atoms with van der Waals surface area (Å²) >= 11 is 0. The molecule has 1 N–H and O–H groups in total. The molecule has 2 heterocycles. The zero-order valence-corrected chi connectivity index (χ0v) is 13.5. The number of hydrogen-bond acceptors (Lipinski definition) is 4. The van der Waals surface area contributed by atoms with Crippen LogP contribution in [0.3, 0.4) is 0 Å². The number of nitrogens with zero attached hydrogens (tertiary/aromatic N) is 2. The number of nitrogens with one attached hydrogen (secondary N) is 1. The van der Waals surface area contributed by atoms with Gasteiger partial charge in [-0.3, -0.25) is 4.79 Å². The number of hydrogen-bond donors (Lipinski definition) is 1. The van der Waals surface area contributed by atoms with Gasteiger partial charge in [0.25, 0.3) is 5.91 Å². The maximum atomic E-state index is 12.3. The molecule has 1 aromatic heterocycles. The summed E-state index contributed by atoms with van der Waals surface area (Å²) in [6.45, 7) is 0.795. The molecule has 126 valence electrons. The van der Waals surface area contributed by atoms with Gasteiger partial charge in [0.05, 0.1) is 12.2 Å². The van der Waals surface area contributed by atoms with Crippen molar-refractivity contribution in [2.75, 3.05) is 13.2 Å². The number of aromatic nitrogens is 2. The third-order valence-corrected chi connectivity index (χ3v) is 3.96. The second kappa shape index (κ2) is 6.68. The van der Waals surface area contributed by atoms with E-state index in [-0.39, 0.29) is 12.0 Å². The Balaban J connectivity index is 1.35. The first-order valence-corrected chi connectivity index (χ1v) is 8.06. The Morgan fingerprint density at radius 3 is 2.68 bits per heavy atom. The molecule has 0 saturated heterocycles. The molecule has 1 aliphatic rings. The van der Waals surface area contributed by atoms with Crippen molar-refractivity contribution in [1.29, 1.82) is 0 Å². The van der Waals surface area contributed by atoms with Gasteiger partial charge in [-0.25, -0.2) is 4.68 Å². The zero-order valence-electron chi connectivity index (χ0n) is 13.5. The average Bonchev–Trinajstić information content (AvgIpc) is 3.21. The van der Waals surface area contributed by atoms with Gasteiger partial charge in [0.1, 0.15) is 12.7 Å². The van der Waals surface area contributed by atoms with Crippen molar-refractivity contribution in [3.8, 4) is 17.2 Å². The first kappa shape index (κ1) is 15.3. The summed E-state index contributed by atoms with van der Waals surface area (Å²) in [5.74, 6) is 1.30. The Morgan fingerprint density at radius 1 is 1.12 bits per heavy atom. The monoisotopic (exact) mass is 335 g/mol. The van der Waals surface area contributed by atoms with Gasteiger partial charge in [-0.15, -0.1) is 0 Å². The molecule has 1 atom stereocenters. The highest BCUT2D eigenvalue weighted by atomic mass is 16.6. The lowest BCUT2D eigenvalue weighted by Crippen LogP contribution is -2.40. The highest BCUT2D eigenvalue weighted by molar-refractivity contribution is 5.94. The fraction of sp³-hybridized carbons (Fsp3) is 0.158. The van der Waals surface area contributed by atoms with Gasteiger partial charge in [-0.1, -0.05) is 12.1 Å². The van der Waals surface area contributed by atoms with Gasteiger partial charge in [0.2, 0.25) is 0 Å². The molecule has 0 spiro atoms. The average molecular weight is 335 g/mol. The van der Waals surface area contributed by atoms with Gasteiger partial charge in [0.15, 0.2) is 11.5 Å². The molecule has 0 fully saturated rings. The maximum absolute atomic E-state index is 12.3. The van der Waals surface area contributed by atoms with Gasteiger partial charge in [0, 0.05) is 18.0 Å². The van der Waals surface area contributed by atoms with Crippen LogP contribution in [0, 0.1) is 0 Å². The standard InChI is InChI=1S/C19H17N3O3/c23-19(14-6-8-15(9-7-14)22-11-3-10-21-22)20-12-16-13-24-17-4-1-2-5-18(17)25-16/h1-11,16H,12-13H2,(H,20,23). The smallest absolute Gasteiger partial charge is 0.251 e. The first-order valence-electron chi connectivity index (χ1n) is 8.06. The largest absolute Gasteiger partial charge is 0.486 e. The highest BCUT2D eigenvalue weighted by Crippen LogP contribution is 2.30.